The third kappa shape index (κ3) is 2.50. The molecule has 4 nitrogen and oxygen atoms in total. The summed E-state index contributed by atoms with van der Waals surface area (Å²) in [6.45, 7) is 2.66. The lowest BCUT2D eigenvalue weighted by atomic mass is 10.1. The summed E-state index contributed by atoms with van der Waals surface area (Å²) in [5, 5.41) is 5.96. The molecular formula is C10H12BrN3OS. The number of hydrogen-bond donors (Lipinski definition) is 1. The molecule has 0 radical (unpaired) electrons. The summed E-state index contributed by atoms with van der Waals surface area (Å²) in [5.74, 6) is 1.52. The van der Waals surface area contributed by atoms with Gasteiger partial charge in [-0.2, -0.15) is 4.98 Å². The van der Waals surface area contributed by atoms with E-state index in [0.717, 1.165) is 15.8 Å². The van der Waals surface area contributed by atoms with Crippen LogP contribution >= 0.6 is 27.3 Å². The normalized spacial score (nSPS) is 12.9. The lowest BCUT2D eigenvalue weighted by molar-refractivity contribution is 0.355. The van der Waals surface area contributed by atoms with E-state index in [9.17, 15) is 0 Å². The molecular weight excluding hydrogens is 290 g/mol. The van der Waals surface area contributed by atoms with Crippen molar-refractivity contribution in [2.75, 3.05) is 6.54 Å². The van der Waals surface area contributed by atoms with Crippen molar-refractivity contribution in [3.63, 3.8) is 0 Å². The smallest absolute Gasteiger partial charge is 0.229 e. The number of thiophene rings is 1. The molecule has 0 aliphatic rings. The molecule has 2 aromatic heterocycles. The Bertz CT molecular complexity index is 468. The molecule has 1 atom stereocenters. The number of rotatable bonds is 4. The van der Waals surface area contributed by atoms with Crippen molar-refractivity contribution in [2.45, 2.75) is 19.3 Å². The van der Waals surface area contributed by atoms with E-state index >= 15 is 0 Å². The third-order valence-corrected chi connectivity index (χ3v) is 3.94. The van der Waals surface area contributed by atoms with Crippen LogP contribution in [0.4, 0.5) is 0 Å². The summed E-state index contributed by atoms with van der Waals surface area (Å²) in [6, 6.07) is 1.98. The van der Waals surface area contributed by atoms with Gasteiger partial charge in [0.05, 0.1) is 4.88 Å². The zero-order chi connectivity index (χ0) is 11.5. The van der Waals surface area contributed by atoms with Crippen molar-refractivity contribution >= 4 is 27.3 Å². The fourth-order valence-electron chi connectivity index (χ4n) is 1.34. The first-order valence-electron chi connectivity index (χ1n) is 4.98. The maximum absolute atomic E-state index is 5.49. The Morgan fingerprint density at radius 3 is 3.06 bits per heavy atom. The number of halogens is 1. The van der Waals surface area contributed by atoms with Gasteiger partial charge in [0.15, 0.2) is 0 Å². The van der Waals surface area contributed by atoms with E-state index in [2.05, 4.69) is 26.1 Å². The van der Waals surface area contributed by atoms with Gasteiger partial charge in [-0.3, -0.25) is 0 Å². The van der Waals surface area contributed by atoms with E-state index in [1.54, 1.807) is 11.3 Å². The summed E-state index contributed by atoms with van der Waals surface area (Å²) < 4.78 is 6.25. The summed E-state index contributed by atoms with van der Waals surface area (Å²) in [7, 11) is 0. The predicted molar refractivity (Wildman–Crippen MR) is 67.4 cm³/mol. The highest BCUT2D eigenvalue weighted by Crippen LogP contribution is 2.29. The lowest BCUT2D eigenvalue weighted by Crippen LogP contribution is -2.04. The first-order valence-corrected chi connectivity index (χ1v) is 6.66. The molecule has 0 aromatic carbocycles. The van der Waals surface area contributed by atoms with Gasteiger partial charge in [0.1, 0.15) is 0 Å². The molecule has 0 amide bonds. The summed E-state index contributed by atoms with van der Waals surface area (Å²) in [6.07, 6.45) is 0.857. The first kappa shape index (κ1) is 11.8. The minimum Gasteiger partial charge on any atom is -0.339 e. The van der Waals surface area contributed by atoms with Crippen molar-refractivity contribution in [2.24, 2.45) is 5.73 Å². The maximum atomic E-state index is 5.49. The topological polar surface area (TPSA) is 64.9 Å². The molecule has 0 aliphatic heterocycles. The van der Waals surface area contributed by atoms with Gasteiger partial charge in [0, 0.05) is 15.8 Å². The van der Waals surface area contributed by atoms with Crippen LogP contribution in [-0.2, 0) is 0 Å². The summed E-state index contributed by atoms with van der Waals surface area (Å²) in [4.78, 5) is 5.37. The minimum atomic E-state index is 0.217. The molecule has 2 aromatic rings. The van der Waals surface area contributed by atoms with Gasteiger partial charge in [-0.15, -0.1) is 11.3 Å². The van der Waals surface area contributed by atoms with Gasteiger partial charge in [-0.25, -0.2) is 0 Å². The highest BCUT2D eigenvalue weighted by Gasteiger charge is 2.15. The van der Waals surface area contributed by atoms with Crippen molar-refractivity contribution in [3.8, 4) is 10.7 Å². The monoisotopic (exact) mass is 301 g/mol. The van der Waals surface area contributed by atoms with Gasteiger partial charge in [-0.1, -0.05) is 12.1 Å². The van der Waals surface area contributed by atoms with Crippen molar-refractivity contribution in [1.29, 1.82) is 0 Å². The Kier molecular flexibility index (Phi) is 3.73. The minimum absolute atomic E-state index is 0.217. The molecule has 0 spiro atoms. The van der Waals surface area contributed by atoms with Crippen LogP contribution in [0.15, 0.2) is 20.4 Å². The molecule has 2 rings (SSSR count). The van der Waals surface area contributed by atoms with Crippen LogP contribution in [0.2, 0.25) is 0 Å². The Morgan fingerprint density at radius 2 is 2.44 bits per heavy atom. The molecule has 0 aliphatic carbocycles. The fraction of sp³-hybridized carbons (Fsp3) is 0.400. The van der Waals surface area contributed by atoms with Crippen molar-refractivity contribution in [3.05, 3.63) is 21.8 Å². The molecule has 0 bridgehead atoms. The summed E-state index contributed by atoms with van der Waals surface area (Å²) >= 11 is 4.98. The van der Waals surface area contributed by atoms with Crippen LogP contribution in [-0.4, -0.2) is 16.7 Å². The highest BCUT2D eigenvalue weighted by molar-refractivity contribution is 9.10. The Morgan fingerprint density at radius 1 is 1.62 bits per heavy atom. The van der Waals surface area contributed by atoms with E-state index in [-0.39, 0.29) is 5.92 Å². The second-order valence-electron chi connectivity index (χ2n) is 3.56. The van der Waals surface area contributed by atoms with E-state index in [1.165, 1.54) is 0 Å². The van der Waals surface area contributed by atoms with E-state index < -0.39 is 0 Å². The Labute approximate surface area is 106 Å². The lowest BCUT2D eigenvalue weighted by Gasteiger charge is -2.01. The van der Waals surface area contributed by atoms with Crippen LogP contribution in [0, 0.1) is 0 Å². The van der Waals surface area contributed by atoms with E-state index in [1.807, 2.05) is 18.4 Å². The standard InChI is InChI=1S/C10H12BrN3OS/c1-6(2-3-12)10-13-9(14-15-10)8-4-7(11)5-16-8/h4-6H,2-3,12H2,1H3. The molecule has 0 saturated carbocycles. The number of nitrogens with two attached hydrogens (primary N) is 1. The maximum Gasteiger partial charge on any atom is 0.229 e. The number of hydrogen-bond acceptors (Lipinski definition) is 5. The molecule has 6 heteroatoms. The molecule has 16 heavy (non-hydrogen) atoms. The van der Waals surface area contributed by atoms with Crippen LogP contribution in [0.1, 0.15) is 25.2 Å². The van der Waals surface area contributed by atoms with Gasteiger partial charge in [0.2, 0.25) is 11.7 Å². The largest absolute Gasteiger partial charge is 0.339 e. The molecule has 0 saturated heterocycles. The Hall–Kier alpha value is -0.720. The van der Waals surface area contributed by atoms with Gasteiger partial charge < -0.3 is 10.3 Å². The molecule has 2 N–H and O–H groups in total. The van der Waals surface area contributed by atoms with Crippen LogP contribution < -0.4 is 5.73 Å². The molecule has 1 unspecified atom stereocenters. The molecule has 0 fully saturated rings. The predicted octanol–water partition coefficient (Wildman–Crippen LogP) is 3.01. The fourth-order valence-corrected chi connectivity index (χ4v) is 2.69. The van der Waals surface area contributed by atoms with Gasteiger partial charge in [-0.05, 0) is 35.0 Å². The number of nitrogens with zero attached hydrogens (tertiary/aromatic N) is 2. The third-order valence-electron chi connectivity index (χ3n) is 2.25. The van der Waals surface area contributed by atoms with Crippen molar-refractivity contribution in [1.82, 2.24) is 10.1 Å². The second-order valence-corrected chi connectivity index (χ2v) is 5.39. The average molecular weight is 302 g/mol. The van der Waals surface area contributed by atoms with Crippen LogP contribution in [0.3, 0.4) is 0 Å². The van der Waals surface area contributed by atoms with Crippen molar-refractivity contribution < 1.29 is 4.52 Å². The molecule has 2 heterocycles. The van der Waals surface area contributed by atoms with Crippen LogP contribution in [0.25, 0.3) is 10.7 Å². The Balaban J connectivity index is 2.19. The SMILES string of the molecule is CC(CCN)c1nc(-c2cc(Br)cs2)no1. The summed E-state index contributed by atoms with van der Waals surface area (Å²) in [5.41, 5.74) is 5.49. The van der Waals surface area contributed by atoms with E-state index in [4.69, 9.17) is 10.3 Å². The average Bonchev–Trinajstić information content (AvgIpc) is 2.85. The van der Waals surface area contributed by atoms with Gasteiger partial charge >= 0.3 is 0 Å². The second kappa shape index (κ2) is 5.07. The zero-order valence-corrected chi connectivity index (χ0v) is 11.2. The number of aromatic nitrogens is 2. The van der Waals surface area contributed by atoms with Gasteiger partial charge in [0.25, 0.3) is 0 Å². The van der Waals surface area contributed by atoms with E-state index in [0.29, 0.717) is 18.3 Å². The van der Waals surface area contributed by atoms with Crippen LogP contribution in [0.5, 0.6) is 0 Å². The quantitative estimate of drug-likeness (QED) is 0.943. The highest BCUT2D eigenvalue weighted by atomic mass is 79.9. The first-order chi connectivity index (χ1) is 7.70. The molecule has 86 valence electrons. The zero-order valence-electron chi connectivity index (χ0n) is 8.81.